The highest BCUT2D eigenvalue weighted by Crippen LogP contribution is 2.33. The number of hydrogen-bond acceptors (Lipinski definition) is 2. The summed E-state index contributed by atoms with van der Waals surface area (Å²) in [6.07, 6.45) is 5.92. The molecule has 0 heterocycles. The van der Waals surface area contributed by atoms with Gasteiger partial charge in [0.25, 0.3) is 0 Å². The predicted molar refractivity (Wildman–Crippen MR) is 94.6 cm³/mol. The third-order valence-corrected chi connectivity index (χ3v) is 3.97. The maximum absolute atomic E-state index is 11.6. The van der Waals surface area contributed by atoms with Gasteiger partial charge in [-0.15, -0.1) is 0 Å². The van der Waals surface area contributed by atoms with Gasteiger partial charge in [0.2, 0.25) is 0 Å². The van der Waals surface area contributed by atoms with Crippen LogP contribution < -0.4 is 5.32 Å². The Labute approximate surface area is 137 Å². The molecule has 0 fully saturated rings. The molecule has 0 spiro atoms. The Kier molecular flexibility index (Phi) is 4.12. The summed E-state index contributed by atoms with van der Waals surface area (Å²) in [7, 11) is 0. The summed E-state index contributed by atoms with van der Waals surface area (Å²) in [6, 6.07) is 10.9. The van der Waals surface area contributed by atoms with Crippen LogP contribution in [0.25, 0.3) is 16.8 Å². The monoisotopic (exact) mass is 309 g/mol. The molecule has 0 aromatic heterocycles. The first-order valence-corrected chi connectivity index (χ1v) is 8.11. The number of aryl methyl sites for hydroxylation is 2. The molecule has 120 valence electrons. The topological polar surface area (TPSA) is 38.3 Å². The van der Waals surface area contributed by atoms with Crippen molar-refractivity contribution in [3.05, 3.63) is 53.1 Å². The molecule has 0 atom stereocenters. The van der Waals surface area contributed by atoms with E-state index in [-0.39, 0.29) is 6.09 Å². The molecule has 0 radical (unpaired) electrons. The Morgan fingerprint density at radius 1 is 1.17 bits per heavy atom. The number of carbonyl (C=O) groups excluding carboxylic acids is 1. The van der Waals surface area contributed by atoms with Gasteiger partial charge in [0.05, 0.1) is 0 Å². The van der Waals surface area contributed by atoms with Crippen molar-refractivity contribution in [2.24, 2.45) is 0 Å². The van der Waals surface area contributed by atoms with Crippen molar-refractivity contribution in [1.29, 1.82) is 0 Å². The van der Waals surface area contributed by atoms with Crippen molar-refractivity contribution in [2.75, 3.05) is 6.54 Å². The molecule has 1 aliphatic rings. The number of amides is 1. The summed E-state index contributed by atoms with van der Waals surface area (Å²) in [6.45, 7) is 6.03. The van der Waals surface area contributed by atoms with Gasteiger partial charge in [-0.2, -0.15) is 0 Å². The summed E-state index contributed by atoms with van der Waals surface area (Å²) in [5.74, 6) is 0. The summed E-state index contributed by atoms with van der Waals surface area (Å²) in [5.41, 5.74) is 3.61. The van der Waals surface area contributed by atoms with E-state index in [0.717, 1.165) is 12.8 Å². The number of ether oxygens (including phenoxy) is 1. The molecule has 23 heavy (non-hydrogen) atoms. The average Bonchev–Trinajstić information content (AvgIpc) is 2.89. The molecule has 3 heteroatoms. The highest BCUT2D eigenvalue weighted by atomic mass is 16.6. The van der Waals surface area contributed by atoms with E-state index in [4.69, 9.17) is 4.74 Å². The van der Waals surface area contributed by atoms with Crippen molar-refractivity contribution >= 4 is 22.9 Å². The Balaban J connectivity index is 1.70. The van der Waals surface area contributed by atoms with Gasteiger partial charge in [-0.1, -0.05) is 42.5 Å². The molecule has 1 aliphatic carbocycles. The maximum Gasteiger partial charge on any atom is 0.407 e. The zero-order valence-electron chi connectivity index (χ0n) is 14.0. The SMILES string of the molecule is CC(C)(C)OC(=O)NCC=Cc1ccc2c3c(cccc13)CC2. The number of benzene rings is 2. The smallest absolute Gasteiger partial charge is 0.407 e. The fourth-order valence-corrected chi connectivity index (χ4v) is 3.06. The minimum Gasteiger partial charge on any atom is -0.444 e. The first kappa shape index (κ1) is 15.6. The second kappa shape index (κ2) is 6.07. The van der Waals surface area contributed by atoms with Crippen LogP contribution in [0.15, 0.2) is 36.4 Å². The van der Waals surface area contributed by atoms with Crippen molar-refractivity contribution in [3.8, 4) is 0 Å². The van der Waals surface area contributed by atoms with Crippen LogP contribution >= 0.6 is 0 Å². The van der Waals surface area contributed by atoms with Gasteiger partial charge in [0.1, 0.15) is 5.60 Å². The van der Waals surface area contributed by atoms with E-state index in [2.05, 4.69) is 41.7 Å². The van der Waals surface area contributed by atoms with Crippen molar-refractivity contribution in [2.45, 2.75) is 39.2 Å². The number of hydrogen-bond donors (Lipinski definition) is 1. The van der Waals surface area contributed by atoms with Crippen LogP contribution in [0, 0.1) is 0 Å². The number of alkyl carbamates (subject to hydrolysis) is 1. The van der Waals surface area contributed by atoms with Crippen LogP contribution in [0.4, 0.5) is 4.79 Å². The predicted octanol–water partition coefficient (Wildman–Crippen LogP) is 4.48. The minimum atomic E-state index is -0.467. The van der Waals surface area contributed by atoms with E-state index < -0.39 is 5.60 Å². The molecule has 0 unspecified atom stereocenters. The summed E-state index contributed by atoms with van der Waals surface area (Å²) in [5, 5.41) is 5.45. The third-order valence-electron chi connectivity index (χ3n) is 3.97. The lowest BCUT2D eigenvalue weighted by molar-refractivity contribution is 0.0534. The van der Waals surface area contributed by atoms with E-state index in [9.17, 15) is 4.79 Å². The second-order valence-electron chi connectivity index (χ2n) is 6.94. The van der Waals surface area contributed by atoms with E-state index in [1.165, 1.54) is 27.5 Å². The fraction of sp³-hybridized carbons (Fsp3) is 0.350. The standard InChI is InChI=1S/C20H23NO2/c1-20(2,3)23-19(22)21-13-5-7-14-9-10-16-12-11-15-6-4-8-17(14)18(15)16/h4-10H,11-13H2,1-3H3,(H,21,22). The number of rotatable bonds is 3. The van der Waals surface area contributed by atoms with Crippen molar-refractivity contribution in [1.82, 2.24) is 5.32 Å². The largest absolute Gasteiger partial charge is 0.444 e. The zero-order valence-corrected chi connectivity index (χ0v) is 14.0. The molecule has 0 saturated carbocycles. The third kappa shape index (κ3) is 3.55. The summed E-state index contributed by atoms with van der Waals surface area (Å²) < 4.78 is 5.22. The molecule has 0 bridgehead atoms. The van der Waals surface area contributed by atoms with E-state index in [1.807, 2.05) is 26.8 Å². The molecule has 3 nitrogen and oxygen atoms in total. The van der Waals surface area contributed by atoms with Gasteiger partial charge < -0.3 is 10.1 Å². The number of carbonyl (C=O) groups is 1. The summed E-state index contributed by atoms with van der Waals surface area (Å²) >= 11 is 0. The van der Waals surface area contributed by atoms with Crippen molar-refractivity contribution in [3.63, 3.8) is 0 Å². The van der Waals surface area contributed by atoms with Gasteiger partial charge in [-0.05, 0) is 61.1 Å². The number of nitrogens with one attached hydrogen (secondary N) is 1. The van der Waals surface area contributed by atoms with Crippen molar-refractivity contribution < 1.29 is 9.53 Å². The molecule has 0 saturated heterocycles. The second-order valence-corrected chi connectivity index (χ2v) is 6.94. The molecule has 2 aromatic rings. The van der Waals surface area contributed by atoms with Gasteiger partial charge >= 0.3 is 6.09 Å². The minimum absolute atomic E-state index is 0.387. The van der Waals surface area contributed by atoms with Gasteiger partial charge in [0.15, 0.2) is 0 Å². The maximum atomic E-state index is 11.6. The Morgan fingerprint density at radius 2 is 1.91 bits per heavy atom. The quantitative estimate of drug-likeness (QED) is 0.908. The van der Waals surface area contributed by atoms with Crippen LogP contribution in [0.2, 0.25) is 0 Å². The highest BCUT2D eigenvalue weighted by Gasteiger charge is 2.16. The van der Waals surface area contributed by atoms with E-state index in [1.54, 1.807) is 0 Å². The van der Waals surface area contributed by atoms with Crippen LogP contribution in [0.5, 0.6) is 0 Å². The lowest BCUT2D eigenvalue weighted by Crippen LogP contribution is -2.32. The molecule has 0 aliphatic heterocycles. The van der Waals surface area contributed by atoms with Crippen LogP contribution in [-0.4, -0.2) is 18.2 Å². The van der Waals surface area contributed by atoms with E-state index in [0.29, 0.717) is 6.54 Å². The lowest BCUT2D eigenvalue weighted by Gasteiger charge is -2.19. The lowest BCUT2D eigenvalue weighted by atomic mass is 10.00. The molecule has 1 amide bonds. The van der Waals surface area contributed by atoms with Crippen LogP contribution in [0.3, 0.4) is 0 Å². The first-order valence-electron chi connectivity index (χ1n) is 8.11. The molecular weight excluding hydrogens is 286 g/mol. The fourth-order valence-electron chi connectivity index (χ4n) is 3.06. The highest BCUT2D eigenvalue weighted by molar-refractivity contribution is 5.96. The van der Waals surface area contributed by atoms with Gasteiger partial charge in [0, 0.05) is 6.54 Å². The summed E-state index contributed by atoms with van der Waals surface area (Å²) in [4.78, 5) is 11.6. The zero-order chi connectivity index (χ0) is 16.4. The van der Waals surface area contributed by atoms with Gasteiger partial charge in [-0.3, -0.25) is 0 Å². The Bertz CT molecular complexity index is 759. The Hall–Kier alpha value is -2.29. The Morgan fingerprint density at radius 3 is 2.65 bits per heavy atom. The van der Waals surface area contributed by atoms with Crippen LogP contribution in [-0.2, 0) is 17.6 Å². The molecule has 1 N–H and O–H groups in total. The van der Waals surface area contributed by atoms with E-state index >= 15 is 0 Å². The molecule has 3 rings (SSSR count). The first-order chi connectivity index (χ1) is 10.9. The average molecular weight is 309 g/mol. The molecular formula is C20H23NO2. The molecule has 2 aromatic carbocycles. The van der Waals surface area contributed by atoms with Crippen LogP contribution in [0.1, 0.15) is 37.5 Å². The van der Waals surface area contributed by atoms with Gasteiger partial charge in [-0.25, -0.2) is 4.79 Å². The normalized spacial score (nSPS) is 13.7.